The van der Waals surface area contributed by atoms with Crippen LogP contribution >= 0.6 is 11.3 Å². The maximum atomic E-state index is 5.27. The van der Waals surface area contributed by atoms with Crippen molar-refractivity contribution in [3.8, 4) is 22.0 Å². The first-order valence-corrected chi connectivity index (χ1v) is 9.10. The number of ether oxygens (including phenoxy) is 1. The molecule has 3 aromatic carbocycles. The van der Waals surface area contributed by atoms with Crippen LogP contribution in [0.5, 0.6) is 5.75 Å². The molecule has 1 aromatic heterocycles. The molecule has 0 aliphatic carbocycles. The molecular weight excluding hydrogens is 342 g/mol. The lowest BCUT2D eigenvalue weighted by molar-refractivity contribution is -0.642. The normalized spacial score (nSPS) is 10.5. The van der Waals surface area contributed by atoms with Crippen molar-refractivity contribution in [2.24, 2.45) is 0 Å². The van der Waals surface area contributed by atoms with Gasteiger partial charge in [-0.1, -0.05) is 36.4 Å². The van der Waals surface area contributed by atoms with Gasteiger partial charge in [0, 0.05) is 22.9 Å². The molecule has 0 amide bonds. The van der Waals surface area contributed by atoms with Gasteiger partial charge in [-0.15, -0.1) is 0 Å². The van der Waals surface area contributed by atoms with E-state index in [2.05, 4.69) is 29.6 Å². The number of nitrogens with zero attached hydrogens (tertiary/aromatic N) is 2. The van der Waals surface area contributed by atoms with Crippen molar-refractivity contribution in [3.63, 3.8) is 0 Å². The molecule has 26 heavy (non-hydrogen) atoms. The Morgan fingerprint density at radius 1 is 0.846 bits per heavy atom. The van der Waals surface area contributed by atoms with Crippen molar-refractivity contribution in [1.29, 1.82) is 0 Å². The van der Waals surface area contributed by atoms with Crippen LogP contribution in [0.1, 0.15) is 0 Å². The van der Waals surface area contributed by atoms with Gasteiger partial charge in [0.25, 0.3) is 5.13 Å². The lowest BCUT2D eigenvalue weighted by Crippen LogP contribution is -2.34. The van der Waals surface area contributed by atoms with Crippen LogP contribution in [0.25, 0.3) is 16.3 Å². The second-order valence-electron chi connectivity index (χ2n) is 5.68. The van der Waals surface area contributed by atoms with Crippen molar-refractivity contribution in [1.82, 2.24) is 5.10 Å². The van der Waals surface area contributed by atoms with E-state index in [9.17, 15) is 0 Å². The number of para-hydroxylation sites is 2. The van der Waals surface area contributed by atoms with Gasteiger partial charge < -0.3 is 10.1 Å². The van der Waals surface area contributed by atoms with E-state index in [1.807, 2.05) is 65.3 Å². The lowest BCUT2D eigenvalue weighted by Gasteiger charge is -1.99. The summed E-state index contributed by atoms with van der Waals surface area (Å²) in [6.45, 7) is 0. The molecule has 4 nitrogen and oxygen atoms in total. The smallest absolute Gasteiger partial charge is 0.304 e. The highest BCUT2D eigenvalue weighted by molar-refractivity contribution is 7.18. The number of aromatic nitrogens is 2. The third-order valence-electron chi connectivity index (χ3n) is 3.94. The molecule has 0 bridgehead atoms. The number of benzene rings is 3. The van der Waals surface area contributed by atoms with Crippen LogP contribution in [0, 0.1) is 0 Å². The Hall–Kier alpha value is -3.18. The highest BCUT2D eigenvalue weighted by Gasteiger charge is 2.24. The molecule has 0 fully saturated rings. The fourth-order valence-electron chi connectivity index (χ4n) is 2.65. The Balaban J connectivity index is 1.77. The van der Waals surface area contributed by atoms with Crippen LogP contribution in [0.4, 0.5) is 10.8 Å². The molecule has 0 saturated carbocycles. The number of hydrogen-bond acceptors (Lipinski definition) is 4. The van der Waals surface area contributed by atoms with Crippen molar-refractivity contribution < 1.29 is 9.42 Å². The highest BCUT2D eigenvalue weighted by Crippen LogP contribution is 2.29. The first kappa shape index (κ1) is 16.3. The molecular formula is C21H18N3OS+. The Labute approximate surface area is 156 Å². The minimum atomic E-state index is 0.839. The molecule has 1 N–H and O–H groups in total. The molecule has 0 saturated heterocycles. The van der Waals surface area contributed by atoms with Crippen LogP contribution < -0.4 is 14.7 Å². The molecule has 4 rings (SSSR count). The maximum absolute atomic E-state index is 5.27. The Morgan fingerprint density at radius 2 is 1.50 bits per heavy atom. The van der Waals surface area contributed by atoms with Crippen molar-refractivity contribution in [2.75, 3.05) is 12.4 Å². The molecule has 0 aliphatic heterocycles. The van der Waals surface area contributed by atoms with Gasteiger partial charge in [0.05, 0.1) is 12.7 Å². The van der Waals surface area contributed by atoms with Gasteiger partial charge in [-0.25, -0.2) is 0 Å². The van der Waals surface area contributed by atoms with E-state index in [0.29, 0.717) is 0 Å². The van der Waals surface area contributed by atoms with E-state index in [0.717, 1.165) is 32.8 Å². The standard InChI is InChI=1S/C21H18N3OS/c1-25-19-14-12-16(13-15-19)20-24(18-10-6-3-7-11-18)23-21(26-20)22-17-8-4-2-5-9-17/h2-15H,1H3,(H,22,23)/q+1. The zero-order valence-corrected chi connectivity index (χ0v) is 15.1. The van der Waals surface area contributed by atoms with Gasteiger partial charge in [0.15, 0.2) is 0 Å². The molecule has 0 spiro atoms. The van der Waals surface area contributed by atoms with Crippen LogP contribution in [0.3, 0.4) is 0 Å². The summed E-state index contributed by atoms with van der Waals surface area (Å²) in [6, 6.07) is 28.3. The summed E-state index contributed by atoms with van der Waals surface area (Å²) in [5.41, 5.74) is 3.13. The van der Waals surface area contributed by atoms with E-state index in [4.69, 9.17) is 9.84 Å². The summed E-state index contributed by atoms with van der Waals surface area (Å²) >= 11 is 1.62. The predicted molar refractivity (Wildman–Crippen MR) is 105 cm³/mol. The van der Waals surface area contributed by atoms with Gasteiger partial charge in [-0.3, -0.25) is 0 Å². The van der Waals surface area contributed by atoms with E-state index in [1.54, 1.807) is 18.4 Å². The second-order valence-corrected chi connectivity index (χ2v) is 6.66. The Morgan fingerprint density at radius 3 is 2.15 bits per heavy atom. The summed E-state index contributed by atoms with van der Waals surface area (Å²) in [4.78, 5) is 0. The van der Waals surface area contributed by atoms with E-state index in [-0.39, 0.29) is 0 Å². The molecule has 1 heterocycles. The molecule has 5 heteroatoms. The van der Waals surface area contributed by atoms with Crippen molar-refractivity contribution in [2.45, 2.75) is 0 Å². The molecule has 128 valence electrons. The van der Waals surface area contributed by atoms with Crippen LogP contribution in [-0.4, -0.2) is 12.2 Å². The lowest BCUT2D eigenvalue weighted by atomic mass is 10.2. The third kappa shape index (κ3) is 3.43. The predicted octanol–water partition coefficient (Wildman–Crippen LogP) is 4.84. The monoisotopic (exact) mass is 360 g/mol. The molecule has 4 aromatic rings. The number of anilines is 2. The van der Waals surface area contributed by atoms with E-state index < -0.39 is 0 Å². The average Bonchev–Trinajstić information content (AvgIpc) is 3.13. The van der Waals surface area contributed by atoms with Crippen molar-refractivity contribution >= 4 is 22.2 Å². The first-order chi connectivity index (χ1) is 12.8. The van der Waals surface area contributed by atoms with Crippen LogP contribution in [0.15, 0.2) is 84.9 Å². The topological polar surface area (TPSA) is 38.0 Å². The van der Waals surface area contributed by atoms with E-state index in [1.165, 1.54) is 0 Å². The zero-order valence-electron chi connectivity index (χ0n) is 14.3. The molecule has 0 atom stereocenters. The summed E-state index contributed by atoms with van der Waals surface area (Å²) in [5, 5.41) is 10.1. The van der Waals surface area contributed by atoms with Gasteiger partial charge in [-0.2, -0.15) is 0 Å². The average molecular weight is 360 g/mol. The second kappa shape index (κ2) is 7.37. The highest BCUT2D eigenvalue weighted by atomic mass is 32.1. The quantitative estimate of drug-likeness (QED) is 0.518. The minimum Gasteiger partial charge on any atom is -0.497 e. The fraction of sp³-hybridized carbons (Fsp3) is 0.0476. The van der Waals surface area contributed by atoms with Crippen molar-refractivity contribution in [3.05, 3.63) is 84.9 Å². The number of methoxy groups -OCH3 is 1. The van der Waals surface area contributed by atoms with Gasteiger partial charge in [-0.05, 0) is 52.4 Å². The van der Waals surface area contributed by atoms with Gasteiger partial charge >= 0.3 is 5.01 Å². The number of rotatable bonds is 5. The maximum Gasteiger partial charge on any atom is 0.304 e. The number of nitrogens with one attached hydrogen (secondary N) is 1. The molecule has 0 aliphatic rings. The molecule has 0 unspecified atom stereocenters. The minimum absolute atomic E-state index is 0.839. The van der Waals surface area contributed by atoms with Crippen LogP contribution in [-0.2, 0) is 0 Å². The fourth-order valence-corrected chi connectivity index (χ4v) is 3.61. The number of hydrogen-bond donors (Lipinski definition) is 1. The zero-order chi connectivity index (χ0) is 17.8. The third-order valence-corrected chi connectivity index (χ3v) is 4.92. The van der Waals surface area contributed by atoms with Crippen LogP contribution in [0.2, 0.25) is 0 Å². The van der Waals surface area contributed by atoms with Gasteiger partial charge in [0.2, 0.25) is 5.69 Å². The summed E-state index contributed by atoms with van der Waals surface area (Å²) in [7, 11) is 1.67. The van der Waals surface area contributed by atoms with Gasteiger partial charge in [0.1, 0.15) is 5.75 Å². The summed E-state index contributed by atoms with van der Waals surface area (Å²) in [5.74, 6) is 0.840. The SMILES string of the molecule is COc1ccc(-c2sc(Nc3ccccc3)n[n+]2-c2ccccc2)cc1. The summed E-state index contributed by atoms with van der Waals surface area (Å²) in [6.07, 6.45) is 0. The molecule has 0 radical (unpaired) electrons. The largest absolute Gasteiger partial charge is 0.497 e. The Bertz CT molecular complexity index is 983. The first-order valence-electron chi connectivity index (χ1n) is 8.28. The summed E-state index contributed by atoms with van der Waals surface area (Å²) < 4.78 is 7.24. The Kier molecular flexibility index (Phi) is 4.62. The van der Waals surface area contributed by atoms with E-state index >= 15 is 0 Å².